The molecular weight excluding hydrogens is 367 g/mol. The Kier molecular flexibility index (Phi) is 11.3. The molecule has 3 nitrogen and oxygen atoms in total. The maximum Gasteiger partial charge on any atom is 0.333 e. The molecule has 0 amide bonds. The first-order chi connectivity index (χ1) is 14.0. The van der Waals surface area contributed by atoms with E-state index in [1.807, 2.05) is 0 Å². The van der Waals surface area contributed by atoms with Crippen LogP contribution in [0.1, 0.15) is 90.4 Å². The predicted molar refractivity (Wildman–Crippen MR) is 116 cm³/mol. The number of ether oxygens (including phenoxy) is 1. The van der Waals surface area contributed by atoms with Crippen LogP contribution in [0.2, 0.25) is 0 Å². The zero-order valence-corrected chi connectivity index (χ0v) is 18.5. The first-order valence-electron chi connectivity index (χ1n) is 12.0. The van der Waals surface area contributed by atoms with Crippen molar-refractivity contribution in [2.24, 2.45) is 29.6 Å². The number of unbranched alkanes of at least 4 members (excludes halogenated alkanes) is 1. The monoisotopic (exact) mass is 410 g/mol. The number of hydrogen-bond donors (Lipinski definition) is 1. The first-order valence-corrected chi connectivity index (χ1v) is 12.0. The number of alkyl halides is 1. The van der Waals surface area contributed by atoms with E-state index in [1.54, 1.807) is 6.92 Å². The van der Waals surface area contributed by atoms with Gasteiger partial charge in [0.1, 0.15) is 0 Å². The van der Waals surface area contributed by atoms with Crippen LogP contribution >= 0.6 is 0 Å². The Hall–Kier alpha value is -0.900. The molecule has 2 rings (SSSR count). The first kappa shape index (κ1) is 24.4. The van der Waals surface area contributed by atoms with Gasteiger partial charge in [0.25, 0.3) is 0 Å². The molecule has 2 aliphatic carbocycles. The molecule has 0 aromatic carbocycles. The third kappa shape index (κ3) is 8.78. The SMILES string of the molecule is C=C(C)C(=O)OCC(CO)C1CCC(CCC2CCC(CCCCF)CC2)CC1. The normalized spacial score (nSPS) is 28.7. The highest BCUT2D eigenvalue weighted by atomic mass is 19.1. The summed E-state index contributed by atoms with van der Waals surface area (Å²) in [6.45, 7) is 5.51. The molecule has 0 aliphatic heterocycles. The van der Waals surface area contributed by atoms with E-state index in [9.17, 15) is 14.3 Å². The number of hydrogen-bond acceptors (Lipinski definition) is 3. The average molecular weight is 411 g/mol. The van der Waals surface area contributed by atoms with Crippen molar-refractivity contribution in [3.8, 4) is 0 Å². The number of esters is 1. The van der Waals surface area contributed by atoms with E-state index in [0.29, 0.717) is 18.1 Å². The minimum absolute atomic E-state index is 0.0620. The number of aliphatic hydroxyl groups is 1. The molecule has 2 fully saturated rings. The predicted octanol–water partition coefficient (Wildman–Crippen LogP) is 6.25. The molecule has 1 N–H and O–H groups in total. The van der Waals surface area contributed by atoms with Gasteiger partial charge in [0.15, 0.2) is 0 Å². The van der Waals surface area contributed by atoms with Crippen LogP contribution in [0.4, 0.5) is 4.39 Å². The van der Waals surface area contributed by atoms with Gasteiger partial charge in [-0.1, -0.05) is 70.8 Å². The molecule has 0 saturated heterocycles. The Labute approximate surface area is 177 Å². The molecule has 0 radical (unpaired) electrons. The molecule has 0 aromatic heterocycles. The van der Waals surface area contributed by atoms with Gasteiger partial charge in [0.2, 0.25) is 0 Å². The van der Waals surface area contributed by atoms with E-state index in [1.165, 1.54) is 57.8 Å². The van der Waals surface area contributed by atoms with Gasteiger partial charge in [0, 0.05) is 18.1 Å². The molecule has 2 saturated carbocycles. The average Bonchev–Trinajstić information content (AvgIpc) is 2.74. The standard InChI is InChI=1S/C25H43FO3/c1-19(2)25(28)29-18-24(17-27)23-14-12-22(13-15-23)11-10-21-8-6-20(7-9-21)5-3-4-16-26/h20-24,27H,1,3-18H2,2H3. The molecule has 2 aliphatic rings. The number of carbonyl (C=O) groups is 1. The fourth-order valence-electron chi connectivity index (χ4n) is 5.40. The Morgan fingerprint density at radius 3 is 1.97 bits per heavy atom. The Balaban J connectivity index is 1.59. The van der Waals surface area contributed by atoms with Gasteiger partial charge >= 0.3 is 5.97 Å². The van der Waals surface area contributed by atoms with Crippen LogP contribution in [0, 0.1) is 29.6 Å². The van der Waals surface area contributed by atoms with Crippen molar-refractivity contribution >= 4 is 5.97 Å². The number of carbonyl (C=O) groups excluding carboxylic acids is 1. The van der Waals surface area contributed by atoms with Crippen LogP contribution in [0.25, 0.3) is 0 Å². The summed E-state index contributed by atoms with van der Waals surface area (Å²) in [5.41, 5.74) is 0.416. The Morgan fingerprint density at radius 2 is 1.48 bits per heavy atom. The summed E-state index contributed by atoms with van der Waals surface area (Å²) in [7, 11) is 0. The summed E-state index contributed by atoms with van der Waals surface area (Å²) in [6.07, 6.45) is 16.0. The van der Waals surface area contributed by atoms with Gasteiger partial charge in [0.05, 0.1) is 13.3 Å². The van der Waals surface area contributed by atoms with Crippen LogP contribution in [0.5, 0.6) is 0 Å². The van der Waals surface area contributed by atoms with Gasteiger partial charge in [-0.3, -0.25) is 4.39 Å². The van der Waals surface area contributed by atoms with Crippen LogP contribution in [-0.4, -0.2) is 31.0 Å². The molecule has 168 valence electrons. The zero-order valence-electron chi connectivity index (χ0n) is 18.5. The second-order valence-electron chi connectivity index (χ2n) is 9.75. The lowest BCUT2D eigenvalue weighted by Gasteiger charge is -2.34. The topological polar surface area (TPSA) is 46.5 Å². The summed E-state index contributed by atoms with van der Waals surface area (Å²) >= 11 is 0. The molecule has 1 unspecified atom stereocenters. The van der Waals surface area contributed by atoms with E-state index in [-0.39, 0.29) is 25.2 Å². The zero-order chi connectivity index (χ0) is 21.1. The van der Waals surface area contributed by atoms with Crippen molar-refractivity contribution in [1.29, 1.82) is 0 Å². The lowest BCUT2D eigenvalue weighted by atomic mass is 9.73. The van der Waals surface area contributed by atoms with Crippen molar-refractivity contribution in [1.82, 2.24) is 0 Å². The van der Waals surface area contributed by atoms with Crippen molar-refractivity contribution in [3.63, 3.8) is 0 Å². The third-order valence-electron chi connectivity index (χ3n) is 7.52. The fourth-order valence-corrected chi connectivity index (χ4v) is 5.40. The minimum Gasteiger partial charge on any atom is -0.462 e. The fraction of sp³-hybridized carbons (Fsp3) is 0.880. The van der Waals surface area contributed by atoms with Crippen LogP contribution in [-0.2, 0) is 9.53 Å². The number of aliphatic hydroxyl groups excluding tert-OH is 1. The maximum absolute atomic E-state index is 12.2. The van der Waals surface area contributed by atoms with Crippen molar-refractivity contribution < 1.29 is 19.0 Å². The molecule has 1 atom stereocenters. The third-order valence-corrected chi connectivity index (χ3v) is 7.52. The van der Waals surface area contributed by atoms with Gasteiger partial charge in [-0.05, 0) is 49.9 Å². The van der Waals surface area contributed by atoms with E-state index >= 15 is 0 Å². The molecule has 0 aromatic rings. The van der Waals surface area contributed by atoms with Gasteiger partial charge in [-0.2, -0.15) is 0 Å². The van der Waals surface area contributed by atoms with Crippen LogP contribution < -0.4 is 0 Å². The van der Waals surface area contributed by atoms with Crippen molar-refractivity contribution in [3.05, 3.63) is 12.2 Å². The highest BCUT2D eigenvalue weighted by molar-refractivity contribution is 5.86. The lowest BCUT2D eigenvalue weighted by Crippen LogP contribution is -2.29. The second kappa shape index (κ2) is 13.4. The lowest BCUT2D eigenvalue weighted by molar-refractivity contribution is -0.141. The Bertz CT molecular complexity index is 476. The molecule has 4 heteroatoms. The molecule has 0 bridgehead atoms. The van der Waals surface area contributed by atoms with E-state index in [4.69, 9.17) is 4.74 Å². The summed E-state index contributed by atoms with van der Waals surface area (Å²) < 4.78 is 17.5. The van der Waals surface area contributed by atoms with Crippen LogP contribution in [0.15, 0.2) is 12.2 Å². The van der Waals surface area contributed by atoms with Gasteiger partial charge < -0.3 is 9.84 Å². The highest BCUT2D eigenvalue weighted by Crippen LogP contribution is 2.39. The van der Waals surface area contributed by atoms with E-state index < -0.39 is 0 Å². The number of rotatable bonds is 12. The largest absolute Gasteiger partial charge is 0.462 e. The van der Waals surface area contributed by atoms with E-state index in [2.05, 4.69) is 6.58 Å². The number of halogens is 1. The van der Waals surface area contributed by atoms with Crippen molar-refractivity contribution in [2.45, 2.75) is 90.4 Å². The van der Waals surface area contributed by atoms with Gasteiger partial charge in [-0.25, -0.2) is 4.79 Å². The molecule has 29 heavy (non-hydrogen) atoms. The Morgan fingerprint density at radius 1 is 0.966 bits per heavy atom. The summed E-state index contributed by atoms with van der Waals surface area (Å²) in [4.78, 5) is 11.6. The smallest absolute Gasteiger partial charge is 0.333 e. The summed E-state index contributed by atoms with van der Waals surface area (Å²) in [5.74, 6) is 2.75. The maximum atomic E-state index is 12.2. The molecule has 0 heterocycles. The van der Waals surface area contributed by atoms with Crippen molar-refractivity contribution in [2.75, 3.05) is 19.9 Å². The van der Waals surface area contributed by atoms with E-state index in [0.717, 1.165) is 43.4 Å². The summed E-state index contributed by atoms with van der Waals surface area (Å²) in [6, 6.07) is 0. The molecular formula is C25H43FO3. The quantitative estimate of drug-likeness (QED) is 0.235. The van der Waals surface area contributed by atoms with Gasteiger partial charge in [-0.15, -0.1) is 0 Å². The summed E-state index contributed by atoms with van der Waals surface area (Å²) in [5, 5.41) is 9.73. The second-order valence-corrected chi connectivity index (χ2v) is 9.75. The highest BCUT2D eigenvalue weighted by Gasteiger charge is 2.29. The minimum atomic E-state index is -0.353. The van der Waals surface area contributed by atoms with Crippen LogP contribution in [0.3, 0.4) is 0 Å². The molecule has 0 spiro atoms.